The fourth-order valence-electron chi connectivity index (χ4n) is 1.78. The summed E-state index contributed by atoms with van der Waals surface area (Å²) in [5.41, 5.74) is 1.90. The SMILES string of the molecule is O=C(O)Cc1cn(Cc2nc3ccccc3o2)nn1. The van der Waals surface area contributed by atoms with Crippen LogP contribution in [0.25, 0.3) is 11.1 Å². The molecule has 0 unspecified atom stereocenters. The maximum Gasteiger partial charge on any atom is 0.309 e. The molecule has 7 nitrogen and oxygen atoms in total. The van der Waals surface area contributed by atoms with Gasteiger partial charge in [0, 0.05) is 6.20 Å². The van der Waals surface area contributed by atoms with Gasteiger partial charge in [0.1, 0.15) is 12.1 Å². The minimum absolute atomic E-state index is 0.145. The van der Waals surface area contributed by atoms with Crippen LogP contribution in [0.5, 0.6) is 0 Å². The Morgan fingerprint density at radius 2 is 2.21 bits per heavy atom. The number of nitrogens with zero attached hydrogens (tertiary/aromatic N) is 4. The molecule has 0 atom stereocenters. The molecule has 0 aliphatic carbocycles. The van der Waals surface area contributed by atoms with Gasteiger partial charge in [0.2, 0.25) is 5.89 Å². The molecule has 19 heavy (non-hydrogen) atoms. The van der Waals surface area contributed by atoms with E-state index in [9.17, 15) is 4.79 Å². The Hall–Kier alpha value is -2.70. The lowest BCUT2D eigenvalue weighted by atomic mass is 10.3. The van der Waals surface area contributed by atoms with Crippen LogP contribution in [-0.2, 0) is 17.8 Å². The standard InChI is InChI=1S/C12H10N4O3/c17-12(18)5-8-6-16(15-14-8)7-11-13-9-3-1-2-4-10(9)19-11/h1-4,6H,5,7H2,(H,17,18). The Labute approximate surface area is 107 Å². The van der Waals surface area contributed by atoms with E-state index in [1.54, 1.807) is 6.20 Å². The zero-order valence-corrected chi connectivity index (χ0v) is 9.85. The number of aromatic nitrogens is 4. The van der Waals surface area contributed by atoms with Crippen molar-refractivity contribution in [1.29, 1.82) is 0 Å². The first kappa shape index (κ1) is 11.4. The molecular weight excluding hydrogens is 248 g/mol. The quantitative estimate of drug-likeness (QED) is 0.752. The number of rotatable bonds is 4. The van der Waals surface area contributed by atoms with Gasteiger partial charge >= 0.3 is 5.97 Å². The second kappa shape index (κ2) is 4.52. The maximum absolute atomic E-state index is 10.5. The van der Waals surface area contributed by atoms with Crippen LogP contribution in [0, 0.1) is 0 Å². The highest BCUT2D eigenvalue weighted by Gasteiger charge is 2.09. The summed E-state index contributed by atoms with van der Waals surface area (Å²) in [6, 6.07) is 7.45. The van der Waals surface area contributed by atoms with Gasteiger partial charge in [-0.15, -0.1) is 5.10 Å². The first-order valence-electron chi connectivity index (χ1n) is 5.66. The van der Waals surface area contributed by atoms with Crippen molar-refractivity contribution in [3.8, 4) is 0 Å². The Bertz CT molecular complexity index is 698. The summed E-state index contributed by atoms with van der Waals surface area (Å²) in [6.07, 6.45) is 1.43. The molecule has 1 aromatic carbocycles. The fourth-order valence-corrected chi connectivity index (χ4v) is 1.78. The molecular formula is C12H10N4O3. The predicted molar refractivity (Wildman–Crippen MR) is 64.5 cm³/mol. The van der Waals surface area contributed by atoms with Gasteiger partial charge in [0.25, 0.3) is 0 Å². The van der Waals surface area contributed by atoms with Gasteiger partial charge in [-0.25, -0.2) is 9.67 Å². The summed E-state index contributed by atoms with van der Waals surface area (Å²) in [5, 5.41) is 16.3. The molecule has 0 amide bonds. The highest BCUT2D eigenvalue weighted by atomic mass is 16.4. The predicted octanol–water partition coefficient (Wildman–Crippen LogP) is 1.09. The van der Waals surface area contributed by atoms with Gasteiger partial charge in [0.15, 0.2) is 5.58 Å². The average molecular weight is 258 g/mol. The van der Waals surface area contributed by atoms with Gasteiger partial charge in [-0.05, 0) is 12.1 Å². The summed E-state index contributed by atoms with van der Waals surface area (Å²) in [7, 11) is 0. The van der Waals surface area contributed by atoms with E-state index in [-0.39, 0.29) is 6.42 Å². The lowest BCUT2D eigenvalue weighted by Gasteiger charge is -1.93. The smallest absolute Gasteiger partial charge is 0.309 e. The second-order valence-electron chi connectivity index (χ2n) is 4.05. The summed E-state index contributed by atoms with van der Waals surface area (Å²) in [4.78, 5) is 14.9. The van der Waals surface area contributed by atoms with Gasteiger partial charge in [-0.1, -0.05) is 17.3 Å². The van der Waals surface area contributed by atoms with Crippen molar-refractivity contribution in [2.75, 3.05) is 0 Å². The molecule has 7 heteroatoms. The van der Waals surface area contributed by atoms with Crippen LogP contribution in [-0.4, -0.2) is 31.1 Å². The molecule has 0 aliphatic heterocycles. The first-order chi connectivity index (χ1) is 9.20. The molecule has 0 bridgehead atoms. The number of hydrogen-bond donors (Lipinski definition) is 1. The van der Waals surface area contributed by atoms with Gasteiger partial charge in [-0.2, -0.15) is 0 Å². The topological polar surface area (TPSA) is 94.0 Å². The normalized spacial score (nSPS) is 10.9. The first-order valence-corrected chi connectivity index (χ1v) is 5.66. The van der Waals surface area contributed by atoms with E-state index in [4.69, 9.17) is 9.52 Å². The van der Waals surface area contributed by atoms with E-state index in [0.29, 0.717) is 23.7 Å². The Morgan fingerprint density at radius 1 is 1.37 bits per heavy atom. The highest BCUT2D eigenvalue weighted by Crippen LogP contribution is 2.15. The number of oxazole rings is 1. The van der Waals surface area contributed by atoms with E-state index in [1.807, 2.05) is 24.3 Å². The van der Waals surface area contributed by atoms with Crippen LogP contribution in [0.1, 0.15) is 11.6 Å². The molecule has 2 aromatic heterocycles. The number of para-hydroxylation sites is 2. The van der Waals surface area contributed by atoms with Gasteiger partial charge in [-0.3, -0.25) is 4.79 Å². The highest BCUT2D eigenvalue weighted by molar-refractivity contribution is 5.72. The summed E-state index contributed by atoms with van der Waals surface area (Å²) >= 11 is 0. The number of aliphatic carboxylic acids is 1. The molecule has 0 spiro atoms. The van der Waals surface area contributed by atoms with E-state index in [1.165, 1.54) is 4.68 Å². The third kappa shape index (κ3) is 2.44. The Balaban J connectivity index is 1.80. The van der Waals surface area contributed by atoms with E-state index in [0.717, 1.165) is 5.52 Å². The molecule has 3 aromatic rings. The largest absolute Gasteiger partial charge is 0.481 e. The van der Waals surface area contributed by atoms with Crippen molar-refractivity contribution in [2.45, 2.75) is 13.0 Å². The third-order valence-corrected chi connectivity index (χ3v) is 2.55. The lowest BCUT2D eigenvalue weighted by Crippen LogP contribution is -2.01. The molecule has 0 aliphatic rings. The van der Waals surface area contributed by atoms with Crippen LogP contribution >= 0.6 is 0 Å². The molecule has 96 valence electrons. The van der Waals surface area contributed by atoms with Crippen LogP contribution in [0.15, 0.2) is 34.9 Å². The van der Waals surface area contributed by atoms with Crippen molar-refractivity contribution in [3.63, 3.8) is 0 Å². The van der Waals surface area contributed by atoms with E-state index in [2.05, 4.69) is 15.3 Å². The van der Waals surface area contributed by atoms with Gasteiger partial charge < -0.3 is 9.52 Å². The van der Waals surface area contributed by atoms with E-state index >= 15 is 0 Å². The number of carboxylic acid groups (broad SMARTS) is 1. The minimum Gasteiger partial charge on any atom is -0.481 e. The van der Waals surface area contributed by atoms with Crippen LogP contribution in [0.2, 0.25) is 0 Å². The average Bonchev–Trinajstić information content (AvgIpc) is 2.94. The van der Waals surface area contributed by atoms with Crippen LogP contribution in [0.4, 0.5) is 0 Å². The molecule has 0 saturated heterocycles. The molecule has 0 fully saturated rings. The number of benzene rings is 1. The number of hydrogen-bond acceptors (Lipinski definition) is 5. The molecule has 1 N–H and O–H groups in total. The van der Waals surface area contributed by atoms with Crippen molar-refractivity contribution in [1.82, 2.24) is 20.0 Å². The Morgan fingerprint density at radius 3 is 3.00 bits per heavy atom. The number of carbonyl (C=O) groups is 1. The summed E-state index contributed by atoms with van der Waals surface area (Å²) in [5.74, 6) is -0.429. The van der Waals surface area contributed by atoms with Crippen LogP contribution in [0.3, 0.4) is 0 Å². The van der Waals surface area contributed by atoms with Crippen molar-refractivity contribution in [3.05, 3.63) is 42.0 Å². The number of fused-ring (bicyclic) bond motifs is 1. The zero-order valence-electron chi connectivity index (χ0n) is 9.85. The van der Waals surface area contributed by atoms with Crippen LogP contribution < -0.4 is 0 Å². The monoisotopic (exact) mass is 258 g/mol. The summed E-state index contributed by atoms with van der Waals surface area (Å²) in [6.45, 7) is 0.321. The van der Waals surface area contributed by atoms with Crippen molar-refractivity contribution < 1.29 is 14.3 Å². The Kier molecular flexibility index (Phi) is 2.71. The molecule has 2 heterocycles. The zero-order chi connectivity index (χ0) is 13.2. The van der Waals surface area contributed by atoms with Crippen molar-refractivity contribution in [2.24, 2.45) is 0 Å². The minimum atomic E-state index is -0.936. The molecule has 0 saturated carbocycles. The third-order valence-electron chi connectivity index (χ3n) is 2.55. The van der Waals surface area contributed by atoms with E-state index < -0.39 is 5.97 Å². The summed E-state index contributed by atoms with van der Waals surface area (Å²) < 4.78 is 7.05. The second-order valence-corrected chi connectivity index (χ2v) is 4.05. The number of carboxylic acids is 1. The fraction of sp³-hybridized carbons (Fsp3) is 0.167. The van der Waals surface area contributed by atoms with Gasteiger partial charge in [0.05, 0.1) is 12.1 Å². The van der Waals surface area contributed by atoms with Crippen molar-refractivity contribution >= 4 is 17.1 Å². The molecule has 0 radical (unpaired) electrons. The lowest BCUT2D eigenvalue weighted by molar-refractivity contribution is -0.136. The molecule has 3 rings (SSSR count). The maximum atomic E-state index is 10.5.